The van der Waals surface area contributed by atoms with Crippen LogP contribution in [0.5, 0.6) is 0 Å². The van der Waals surface area contributed by atoms with Crippen molar-refractivity contribution in [1.82, 2.24) is 0 Å². The molecule has 0 unspecified atom stereocenters. The van der Waals surface area contributed by atoms with Crippen molar-refractivity contribution in [2.45, 2.75) is 0 Å². The molecule has 0 aliphatic rings. The second-order valence-electron chi connectivity index (χ2n) is 5.08. The van der Waals surface area contributed by atoms with Crippen LogP contribution in [-0.4, -0.2) is 0 Å². The number of halogens is 4. The molecule has 0 amide bonds. The average Bonchev–Trinajstić information content (AvgIpc) is 2.50. The van der Waals surface area contributed by atoms with Gasteiger partial charge in [0.2, 0.25) is 0 Å². The van der Waals surface area contributed by atoms with Crippen molar-refractivity contribution >= 4 is 39.1 Å². The highest BCUT2D eigenvalue weighted by molar-refractivity contribution is 9.10. The highest BCUT2D eigenvalue weighted by atomic mass is 127. The van der Waals surface area contributed by atoms with Crippen LogP contribution in [0.25, 0.3) is 22.3 Å². The normalized spacial score (nSPS) is 10.3. The van der Waals surface area contributed by atoms with Gasteiger partial charge in [-0.1, -0.05) is 47.5 Å². The third kappa shape index (κ3) is 4.27. The second kappa shape index (κ2) is 7.97. The molecule has 5 heteroatoms. The number of benzene rings is 2. The van der Waals surface area contributed by atoms with Crippen LogP contribution in [0.2, 0.25) is 10.0 Å². The van der Waals surface area contributed by atoms with Crippen LogP contribution < -0.4 is 28.5 Å². The first-order chi connectivity index (χ1) is 10.5. The fraction of sp³-hybridized carbons (Fsp3) is 0.0556. The van der Waals surface area contributed by atoms with Gasteiger partial charge in [0.25, 0.3) is 0 Å². The smallest absolute Gasteiger partial charge is 0.177 e. The van der Waals surface area contributed by atoms with E-state index in [-0.39, 0.29) is 24.0 Å². The van der Waals surface area contributed by atoms with E-state index in [9.17, 15) is 0 Å². The predicted octanol–water partition coefficient (Wildman–Crippen LogP) is 2.92. The zero-order valence-corrected chi connectivity index (χ0v) is 17.5. The molecule has 0 saturated carbocycles. The number of rotatable bonds is 2. The van der Waals surface area contributed by atoms with Crippen molar-refractivity contribution in [1.29, 1.82) is 0 Å². The van der Waals surface area contributed by atoms with Gasteiger partial charge in [0.1, 0.15) is 7.05 Å². The van der Waals surface area contributed by atoms with Gasteiger partial charge < -0.3 is 24.0 Å². The molecule has 1 heterocycles. The third-order valence-corrected chi connectivity index (χ3v) is 4.77. The van der Waals surface area contributed by atoms with Crippen LogP contribution in [-0.2, 0) is 7.05 Å². The molecule has 0 aliphatic heterocycles. The van der Waals surface area contributed by atoms with Gasteiger partial charge in [0, 0.05) is 14.5 Å². The molecule has 118 valence electrons. The predicted molar refractivity (Wildman–Crippen MR) is 96.2 cm³/mol. The van der Waals surface area contributed by atoms with Crippen molar-refractivity contribution in [2.75, 3.05) is 0 Å². The highest BCUT2D eigenvalue weighted by Crippen LogP contribution is 2.36. The van der Waals surface area contributed by atoms with E-state index in [0.29, 0.717) is 0 Å². The maximum atomic E-state index is 6.12. The lowest BCUT2D eigenvalue weighted by molar-refractivity contribution is -0.670. The summed E-state index contributed by atoms with van der Waals surface area (Å²) in [5.74, 6) is 0. The Morgan fingerprint density at radius 2 is 1.43 bits per heavy atom. The molecule has 3 rings (SSSR count). The number of pyridine rings is 1. The molecule has 1 nitrogen and oxygen atoms in total. The van der Waals surface area contributed by atoms with Crippen molar-refractivity contribution in [2.24, 2.45) is 7.05 Å². The van der Waals surface area contributed by atoms with Gasteiger partial charge in [-0.2, -0.15) is 0 Å². The van der Waals surface area contributed by atoms with Gasteiger partial charge in [0.05, 0.1) is 11.1 Å². The van der Waals surface area contributed by atoms with Gasteiger partial charge in [-0.15, -0.1) is 0 Å². The fourth-order valence-corrected chi connectivity index (χ4v) is 3.37. The summed E-state index contributed by atoms with van der Waals surface area (Å²) in [5.41, 5.74) is 4.38. The number of aryl methyl sites for hydroxylation is 1. The van der Waals surface area contributed by atoms with E-state index in [0.717, 1.165) is 36.8 Å². The number of hydrogen-bond donors (Lipinski definition) is 0. The van der Waals surface area contributed by atoms with Crippen LogP contribution in [0.15, 0.2) is 65.4 Å². The molecule has 0 atom stereocenters. The molecule has 0 radical (unpaired) electrons. The van der Waals surface area contributed by atoms with Crippen molar-refractivity contribution in [3.05, 3.63) is 75.4 Å². The first kappa shape index (κ1) is 18.7. The van der Waals surface area contributed by atoms with E-state index in [4.69, 9.17) is 23.2 Å². The summed E-state index contributed by atoms with van der Waals surface area (Å²) in [6.07, 6.45) is 4.16. The summed E-state index contributed by atoms with van der Waals surface area (Å²) in [6, 6.07) is 15.7. The Balaban J connectivity index is 0.00000192. The zero-order valence-electron chi connectivity index (χ0n) is 12.2. The molecule has 1 aromatic heterocycles. The maximum absolute atomic E-state index is 6.12. The van der Waals surface area contributed by atoms with Crippen molar-refractivity contribution < 1.29 is 28.5 Å². The topological polar surface area (TPSA) is 3.88 Å². The van der Waals surface area contributed by atoms with Crippen molar-refractivity contribution in [3.8, 4) is 22.3 Å². The van der Waals surface area contributed by atoms with E-state index in [1.54, 1.807) is 0 Å². The molecule has 23 heavy (non-hydrogen) atoms. The highest BCUT2D eigenvalue weighted by Gasteiger charge is 2.16. The van der Waals surface area contributed by atoms with Gasteiger partial charge in [0.15, 0.2) is 12.4 Å². The molecule has 0 spiro atoms. The average molecular weight is 521 g/mol. The van der Waals surface area contributed by atoms with Crippen LogP contribution in [0.3, 0.4) is 0 Å². The Hall–Kier alpha value is -0.620. The van der Waals surface area contributed by atoms with E-state index in [2.05, 4.69) is 34.4 Å². The van der Waals surface area contributed by atoms with Gasteiger partial charge in [-0.25, -0.2) is 4.57 Å². The molecule has 0 bridgehead atoms. The zero-order chi connectivity index (χ0) is 15.7. The number of nitrogens with zero attached hydrogens (tertiary/aromatic N) is 1. The maximum Gasteiger partial charge on any atom is 0.177 e. The first-order valence-electron chi connectivity index (χ1n) is 6.75. The van der Waals surface area contributed by atoms with E-state index in [1.165, 1.54) is 0 Å². The fourth-order valence-electron chi connectivity index (χ4n) is 2.39. The Morgan fingerprint density at radius 1 is 0.826 bits per heavy atom. The minimum atomic E-state index is 0. The van der Waals surface area contributed by atoms with E-state index < -0.39 is 0 Å². The van der Waals surface area contributed by atoms with E-state index >= 15 is 0 Å². The second-order valence-corrected chi connectivity index (χ2v) is 6.75. The summed E-state index contributed by atoms with van der Waals surface area (Å²) in [4.78, 5) is 0. The Morgan fingerprint density at radius 3 is 2.04 bits per heavy atom. The molecular weight excluding hydrogens is 508 g/mol. The number of hydrogen-bond acceptors (Lipinski definition) is 0. The Labute approximate surface area is 171 Å². The lowest BCUT2D eigenvalue weighted by Gasteiger charge is -2.09. The summed E-state index contributed by atoms with van der Waals surface area (Å²) in [6.45, 7) is 0. The van der Waals surface area contributed by atoms with Crippen LogP contribution in [0.1, 0.15) is 0 Å². The van der Waals surface area contributed by atoms with Gasteiger partial charge in [-0.3, -0.25) is 0 Å². The minimum Gasteiger partial charge on any atom is -1.00 e. The quantitative estimate of drug-likeness (QED) is 0.361. The van der Waals surface area contributed by atoms with Crippen LogP contribution >= 0.6 is 39.1 Å². The molecule has 0 saturated heterocycles. The molecule has 0 aliphatic carbocycles. The Kier molecular flexibility index (Phi) is 6.48. The molecule has 2 aromatic carbocycles. The van der Waals surface area contributed by atoms with E-state index in [1.807, 2.05) is 54.1 Å². The molecule has 0 fully saturated rings. The summed E-state index contributed by atoms with van der Waals surface area (Å²) < 4.78 is 3.08. The van der Waals surface area contributed by atoms with Crippen molar-refractivity contribution in [3.63, 3.8) is 0 Å². The third-order valence-electron chi connectivity index (χ3n) is 3.43. The Bertz CT molecular complexity index is 835. The monoisotopic (exact) mass is 519 g/mol. The lowest BCUT2D eigenvalue weighted by atomic mass is 10.0. The molecule has 0 N–H and O–H groups in total. The number of aromatic nitrogens is 1. The van der Waals surface area contributed by atoms with Crippen LogP contribution in [0, 0.1) is 0 Å². The molecular formula is C18H13BrCl2IN. The SMILES string of the molecule is C[n+]1cc(-c2ccc(Cl)cc2)c(Br)c(-c2cccc(Cl)c2)c1.[I-]. The largest absolute Gasteiger partial charge is 1.00 e. The summed E-state index contributed by atoms with van der Waals surface area (Å²) >= 11 is 15.9. The van der Waals surface area contributed by atoms with Gasteiger partial charge >= 0.3 is 0 Å². The molecule has 3 aromatic rings. The summed E-state index contributed by atoms with van der Waals surface area (Å²) in [7, 11) is 2.01. The first-order valence-corrected chi connectivity index (χ1v) is 8.30. The summed E-state index contributed by atoms with van der Waals surface area (Å²) in [5, 5.41) is 1.46. The standard InChI is InChI=1S/C18H13BrCl2N.HI/c1-22-10-16(12-5-7-14(20)8-6-12)18(19)17(11-22)13-3-2-4-15(21)9-13;/h2-11H,1H3;1H/q+1;/p-1. The minimum absolute atomic E-state index is 0. The lowest BCUT2D eigenvalue weighted by Crippen LogP contribution is -3.00. The van der Waals surface area contributed by atoms with Gasteiger partial charge in [-0.05, 0) is 51.3 Å². The van der Waals surface area contributed by atoms with Crippen LogP contribution in [0.4, 0.5) is 0 Å².